The van der Waals surface area contributed by atoms with Gasteiger partial charge in [-0.25, -0.2) is 9.97 Å². The first-order chi connectivity index (χ1) is 12.5. The molecule has 0 aliphatic carbocycles. The van der Waals surface area contributed by atoms with Crippen molar-refractivity contribution in [2.24, 2.45) is 0 Å². The largest absolute Gasteiger partial charge is 0.497 e. The lowest BCUT2D eigenvalue weighted by Crippen LogP contribution is -2.07. The number of hydrogen-bond acceptors (Lipinski definition) is 4. The maximum absolute atomic E-state index is 12.8. The van der Waals surface area contributed by atoms with Gasteiger partial charge in [-0.15, -0.1) is 0 Å². The fraction of sp³-hybridized carbons (Fsp3) is 0.158. The summed E-state index contributed by atoms with van der Waals surface area (Å²) in [5.41, 5.74) is 0.663. The number of methoxy groups -OCH3 is 1. The zero-order valence-electron chi connectivity index (χ0n) is 13.9. The Balaban J connectivity index is 1.73. The minimum absolute atomic E-state index is 0.225. The average molecular weight is 359 g/mol. The van der Waals surface area contributed by atoms with Gasteiger partial charge >= 0.3 is 6.18 Å². The molecule has 0 unspecified atom stereocenters. The molecule has 26 heavy (non-hydrogen) atoms. The molecule has 1 heterocycles. The van der Waals surface area contributed by atoms with E-state index in [9.17, 15) is 13.2 Å². The second-order valence-corrected chi connectivity index (χ2v) is 5.55. The lowest BCUT2D eigenvalue weighted by atomic mass is 10.1. The molecular weight excluding hydrogens is 343 g/mol. The summed E-state index contributed by atoms with van der Waals surface area (Å²) in [6.07, 6.45) is -2.76. The van der Waals surface area contributed by atoms with Crippen LogP contribution >= 0.6 is 0 Å². The van der Waals surface area contributed by atoms with Gasteiger partial charge in [0.05, 0.1) is 12.7 Å². The summed E-state index contributed by atoms with van der Waals surface area (Å²) < 4.78 is 43.4. The number of benzene rings is 2. The molecule has 0 amide bonds. The van der Waals surface area contributed by atoms with Gasteiger partial charge in [-0.1, -0.05) is 12.1 Å². The molecule has 1 N–H and O–H groups in total. The van der Waals surface area contributed by atoms with Gasteiger partial charge in [0.2, 0.25) is 0 Å². The maximum atomic E-state index is 12.8. The molecule has 2 aromatic carbocycles. The van der Waals surface area contributed by atoms with Gasteiger partial charge in [0.25, 0.3) is 0 Å². The number of hydrogen-bond donors (Lipinski definition) is 1. The fourth-order valence-corrected chi connectivity index (χ4v) is 2.39. The van der Waals surface area contributed by atoms with E-state index >= 15 is 0 Å². The number of alkyl halides is 3. The highest BCUT2D eigenvalue weighted by molar-refractivity contribution is 5.58. The number of rotatable bonds is 5. The van der Waals surface area contributed by atoms with Crippen LogP contribution in [0.3, 0.4) is 0 Å². The van der Waals surface area contributed by atoms with E-state index in [0.717, 1.165) is 23.4 Å². The van der Waals surface area contributed by atoms with Gasteiger partial charge in [-0.05, 0) is 48.0 Å². The first kappa shape index (κ1) is 17.7. The van der Waals surface area contributed by atoms with Crippen LogP contribution in [0.25, 0.3) is 11.4 Å². The number of nitrogens with zero attached hydrogens (tertiary/aromatic N) is 2. The van der Waals surface area contributed by atoms with Crippen molar-refractivity contribution in [2.75, 3.05) is 12.4 Å². The van der Waals surface area contributed by atoms with Crippen LogP contribution in [-0.4, -0.2) is 17.1 Å². The van der Waals surface area contributed by atoms with E-state index < -0.39 is 11.7 Å². The lowest BCUT2D eigenvalue weighted by molar-refractivity contribution is -0.137. The third-order valence-corrected chi connectivity index (χ3v) is 3.73. The first-order valence-electron chi connectivity index (χ1n) is 7.83. The van der Waals surface area contributed by atoms with Crippen molar-refractivity contribution in [1.82, 2.24) is 9.97 Å². The van der Waals surface area contributed by atoms with Crippen LogP contribution in [0.1, 0.15) is 11.1 Å². The lowest BCUT2D eigenvalue weighted by Gasteiger charge is -2.10. The van der Waals surface area contributed by atoms with Crippen molar-refractivity contribution in [3.8, 4) is 17.1 Å². The van der Waals surface area contributed by atoms with Crippen LogP contribution < -0.4 is 10.1 Å². The van der Waals surface area contributed by atoms with Gasteiger partial charge in [0, 0.05) is 18.3 Å². The highest BCUT2D eigenvalue weighted by Crippen LogP contribution is 2.29. The Morgan fingerprint density at radius 2 is 1.81 bits per heavy atom. The number of halogens is 3. The standard InChI is InChI=1S/C19H16F3N3O/c1-26-16-7-5-14(6-8-16)18-23-10-9-17(25-18)24-12-13-3-2-4-15(11-13)19(20,21)22/h2-11H,12H2,1H3,(H,23,24,25). The quantitative estimate of drug-likeness (QED) is 0.712. The van der Waals surface area contributed by atoms with E-state index in [1.165, 1.54) is 6.07 Å². The highest BCUT2D eigenvalue weighted by atomic mass is 19.4. The van der Waals surface area contributed by atoms with Crippen molar-refractivity contribution in [3.63, 3.8) is 0 Å². The number of nitrogens with one attached hydrogen (secondary N) is 1. The summed E-state index contributed by atoms with van der Waals surface area (Å²) in [7, 11) is 1.59. The van der Waals surface area contributed by atoms with E-state index in [-0.39, 0.29) is 6.54 Å². The monoisotopic (exact) mass is 359 g/mol. The van der Waals surface area contributed by atoms with Crippen molar-refractivity contribution in [3.05, 3.63) is 71.9 Å². The molecule has 0 atom stereocenters. The Labute approximate surface area is 148 Å². The van der Waals surface area contributed by atoms with Gasteiger partial charge in [0.15, 0.2) is 5.82 Å². The summed E-state index contributed by atoms with van der Waals surface area (Å²) >= 11 is 0. The zero-order chi connectivity index (χ0) is 18.6. The van der Waals surface area contributed by atoms with Crippen LogP contribution in [0.5, 0.6) is 5.75 Å². The summed E-state index contributed by atoms with van der Waals surface area (Å²) in [6, 6.07) is 14.2. The van der Waals surface area contributed by atoms with Crippen molar-refractivity contribution < 1.29 is 17.9 Å². The maximum Gasteiger partial charge on any atom is 0.416 e. The van der Waals surface area contributed by atoms with Crippen LogP contribution in [0.4, 0.5) is 19.0 Å². The molecule has 7 heteroatoms. The molecule has 134 valence electrons. The fourth-order valence-electron chi connectivity index (χ4n) is 2.39. The van der Waals surface area contributed by atoms with E-state index in [0.29, 0.717) is 17.2 Å². The summed E-state index contributed by atoms with van der Waals surface area (Å²) in [6.45, 7) is 0.225. The summed E-state index contributed by atoms with van der Waals surface area (Å²) in [5.74, 6) is 1.78. The van der Waals surface area contributed by atoms with E-state index in [2.05, 4.69) is 15.3 Å². The number of ether oxygens (including phenoxy) is 1. The first-order valence-corrected chi connectivity index (χ1v) is 7.83. The van der Waals surface area contributed by atoms with Crippen molar-refractivity contribution in [2.45, 2.75) is 12.7 Å². The predicted octanol–water partition coefficient (Wildman–Crippen LogP) is 4.78. The summed E-state index contributed by atoms with van der Waals surface area (Å²) in [5, 5.41) is 3.03. The molecule has 3 aromatic rings. The van der Waals surface area contributed by atoms with Crippen LogP contribution in [0.15, 0.2) is 60.8 Å². The molecule has 0 radical (unpaired) electrons. The van der Waals surface area contributed by atoms with E-state index in [1.807, 2.05) is 12.1 Å². The molecule has 3 rings (SSSR count). The SMILES string of the molecule is COc1ccc(-c2nccc(NCc3cccc(C(F)(F)F)c3)n2)cc1. The molecule has 0 bridgehead atoms. The van der Waals surface area contributed by atoms with Crippen LogP contribution in [0, 0.1) is 0 Å². The van der Waals surface area contributed by atoms with Gasteiger partial charge in [0.1, 0.15) is 11.6 Å². The molecule has 0 saturated heterocycles. The minimum Gasteiger partial charge on any atom is -0.497 e. The normalized spacial score (nSPS) is 11.2. The molecule has 0 saturated carbocycles. The van der Waals surface area contributed by atoms with Crippen molar-refractivity contribution in [1.29, 1.82) is 0 Å². The van der Waals surface area contributed by atoms with Crippen LogP contribution in [-0.2, 0) is 12.7 Å². The molecule has 0 aliphatic rings. The van der Waals surface area contributed by atoms with Gasteiger partial charge < -0.3 is 10.1 Å². The second-order valence-electron chi connectivity index (χ2n) is 5.55. The van der Waals surface area contributed by atoms with E-state index in [4.69, 9.17) is 4.74 Å². The second kappa shape index (κ2) is 7.43. The minimum atomic E-state index is -4.35. The molecule has 4 nitrogen and oxygen atoms in total. The zero-order valence-corrected chi connectivity index (χ0v) is 13.9. The third-order valence-electron chi connectivity index (χ3n) is 3.73. The Kier molecular flexibility index (Phi) is 5.06. The molecular formula is C19H16F3N3O. The van der Waals surface area contributed by atoms with Crippen LogP contribution in [0.2, 0.25) is 0 Å². The molecule has 0 fully saturated rings. The third kappa shape index (κ3) is 4.30. The van der Waals surface area contributed by atoms with Crippen molar-refractivity contribution >= 4 is 5.82 Å². The Morgan fingerprint density at radius 3 is 2.50 bits per heavy atom. The number of aromatic nitrogens is 2. The highest BCUT2D eigenvalue weighted by Gasteiger charge is 2.30. The Morgan fingerprint density at radius 1 is 1.04 bits per heavy atom. The average Bonchev–Trinajstić information content (AvgIpc) is 2.66. The smallest absolute Gasteiger partial charge is 0.416 e. The van der Waals surface area contributed by atoms with Gasteiger partial charge in [-0.3, -0.25) is 0 Å². The predicted molar refractivity (Wildman–Crippen MR) is 92.8 cm³/mol. The topological polar surface area (TPSA) is 47.0 Å². The molecule has 1 aromatic heterocycles. The Bertz CT molecular complexity index is 880. The van der Waals surface area contributed by atoms with E-state index in [1.54, 1.807) is 37.6 Å². The van der Waals surface area contributed by atoms with Gasteiger partial charge in [-0.2, -0.15) is 13.2 Å². The Hall–Kier alpha value is -3.09. The summed E-state index contributed by atoms with van der Waals surface area (Å²) in [4.78, 5) is 8.63. The number of anilines is 1. The molecule has 0 spiro atoms. The molecule has 0 aliphatic heterocycles.